The van der Waals surface area contributed by atoms with Gasteiger partial charge in [0.15, 0.2) is 0 Å². The Morgan fingerprint density at radius 1 is 1.38 bits per heavy atom. The van der Waals surface area contributed by atoms with Gasteiger partial charge in [-0.1, -0.05) is 28.9 Å². The minimum Gasteiger partial charge on any atom is -0.496 e. The van der Waals surface area contributed by atoms with Crippen LogP contribution in [0.15, 0.2) is 22.7 Å². The van der Waals surface area contributed by atoms with E-state index in [2.05, 4.69) is 28.9 Å². The second kappa shape index (κ2) is 3.02. The summed E-state index contributed by atoms with van der Waals surface area (Å²) in [6.07, 6.45) is 2.54. The van der Waals surface area contributed by atoms with Gasteiger partial charge in [-0.3, -0.25) is 0 Å². The van der Waals surface area contributed by atoms with Gasteiger partial charge in [0.2, 0.25) is 0 Å². The fourth-order valence-corrected chi connectivity index (χ4v) is 2.52. The summed E-state index contributed by atoms with van der Waals surface area (Å²) in [6, 6.07) is 6.13. The number of hydrogen-bond donors (Lipinski definition) is 0. The molecule has 1 aliphatic rings. The average molecular weight is 241 g/mol. The molecule has 2 rings (SSSR count). The zero-order chi connectivity index (χ0) is 9.47. The molecule has 0 atom stereocenters. The molecule has 0 spiro atoms. The lowest BCUT2D eigenvalue weighted by Gasteiger charge is -2.15. The lowest BCUT2D eigenvalue weighted by molar-refractivity contribution is 0.405. The quantitative estimate of drug-likeness (QED) is 0.769. The van der Waals surface area contributed by atoms with Crippen molar-refractivity contribution in [3.05, 3.63) is 28.2 Å². The molecule has 0 amide bonds. The van der Waals surface area contributed by atoms with E-state index >= 15 is 0 Å². The first-order chi connectivity index (χ1) is 6.17. The summed E-state index contributed by atoms with van der Waals surface area (Å²) in [5.41, 5.74) is 1.68. The first kappa shape index (κ1) is 9.07. The topological polar surface area (TPSA) is 9.23 Å². The predicted octanol–water partition coefficient (Wildman–Crippen LogP) is 3.51. The van der Waals surface area contributed by atoms with Gasteiger partial charge in [0.1, 0.15) is 5.75 Å². The monoisotopic (exact) mass is 240 g/mol. The molecule has 1 aromatic carbocycles. The molecule has 1 fully saturated rings. The molecule has 1 saturated carbocycles. The zero-order valence-corrected chi connectivity index (χ0v) is 9.52. The van der Waals surface area contributed by atoms with Crippen LogP contribution in [0, 0.1) is 0 Å². The van der Waals surface area contributed by atoms with Gasteiger partial charge < -0.3 is 4.74 Å². The van der Waals surface area contributed by atoms with Gasteiger partial charge in [0.25, 0.3) is 0 Å². The summed E-state index contributed by atoms with van der Waals surface area (Å²) in [7, 11) is 1.73. The number of methoxy groups -OCH3 is 1. The molecular weight excluding hydrogens is 228 g/mol. The van der Waals surface area contributed by atoms with Crippen molar-refractivity contribution in [1.29, 1.82) is 0 Å². The Morgan fingerprint density at radius 3 is 2.62 bits per heavy atom. The molecule has 0 saturated heterocycles. The van der Waals surface area contributed by atoms with Crippen molar-refractivity contribution >= 4 is 15.9 Å². The SMILES string of the molecule is COc1cccc(Br)c1C1(C)CC1. The molecule has 2 heteroatoms. The molecule has 70 valence electrons. The summed E-state index contributed by atoms with van der Waals surface area (Å²) in [6.45, 7) is 2.29. The smallest absolute Gasteiger partial charge is 0.123 e. The van der Waals surface area contributed by atoms with E-state index in [1.54, 1.807) is 7.11 Å². The second-order valence-electron chi connectivity index (χ2n) is 3.88. The van der Waals surface area contributed by atoms with Gasteiger partial charge in [-0.25, -0.2) is 0 Å². The number of ether oxygens (including phenoxy) is 1. The van der Waals surface area contributed by atoms with E-state index in [4.69, 9.17) is 4.74 Å². The van der Waals surface area contributed by atoms with Gasteiger partial charge >= 0.3 is 0 Å². The van der Waals surface area contributed by atoms with E-state index in [0.717, 1.165) is 5.75 Å². The fraction of sp³-hybridized carbons (Fsp3) is 0.455. The Kier molecular flexibility index (Phi) is 2.11. The summed E-state index contributed by atoms with van der Waals surface area (Å²) >= 11 is 3.58. The van der Waals surface area contributed by atoms with E-state index in [9.17, 15) is 0 Å². The molecule has 0 unspecified atom stereocenters. The molecule has 0 aromatic heterocycles. The van der Waals surface area contributed by atoms with E-state index in [1.807, 2.05) is 12.1 Å². The Hall–Kier alpha value is -0.500. The van der Waals surface area contributed by atoms with Crippen molar-refractivity contribution in [3.8, 4) is 5.75 Å². The molecular formula is C11H13BrO. The van der Waals surface area contributed by atoms with Crippen molar-refractivity contribution < 1.29 is 4.74 Å². The lowest BCUT2D eigenvalue weighted by atomic mass is 9.97. The number of halogens is 1. The summed E-state index contributed by atoms with van der Waals surface area (Å²) in [5.74, 6) is 1.01. The molecule has 1 aliphatic carbocycles. The van der Waals surface area contributed by atoms with Crippen molar-refractivity contribution in [3.63, 3.8) is 0 Å². The minimum atomic E-state index is 0.353. The van der Waals surface area contributed by atoms with E-state index < -0.39 is 0 Å². The maximum atomic E-state index is 5.36. The predicted molar refractivity (Wildman–Crippen MR) is 57.3 cm³/mol. The molecule has 13 heavy (non-hydrogen) atoms. The second-order valence-corrected chi connectivity index (χ2v) is 4.73. The van der Waals surface area contributed by atoms with Crippen LogP contribution in [-0.4, -0.2) is 7.11 Å². The van der Waals surface area contributed by atoms with Crippen LogP contribution >= 0.6 is 15.9 Å². The van der Waals surface area contributed by atoms with Gasteiger partial charge in [-0.15, -0.1) is 0 Å². The standard InChI is InChI=1S/C11H13BrO/c1-11(6-7-11)10-8(12)4-3-5-9(10)13-2/h3-5H,6-7H2,1-2H3. The summed E-state index contributed by atoms with van der Waals surface area (Å²) < 4.78 is 6.54. The highest BCUT2D eigenvalue weighted by Crippen LogP contribution is 2.53. The Labute approximate surface area is 87.2 Å². The zero-order valence-electron chi connectivity index (χ0n) is 7.93. The third kappa shape index (κ3) is 1.48. The van der Waals surface area contributed by atoms with Crippen molar-refractivity contribution in [2.75, 3.05) is 7.11 Å². The highest BCUT2D eigenvalue weighted by atomic mass is 79.9. The van der Waals surface area contributed by atoms with E-state index in [-0.39, 0.29) is 0 Å². The van der Waals surface area contributed by atoms with Crippen LogP contribution in [0.25, 0.3) is 0 Å². The van der Waals surface area contributed by atoms with Crippen LogP contribution in [0.4, 0.5) is 0 Å². The Morgan fingerprint density at radius 2 is 2.08 bits per heavy atom. The van der Waals surface area contributed by atoms with Gasteiger partial charge in [0.05, 0.1) is 7.11 Å². The van der Waals surface area contributed by atoms with Crippen LogP contribution in [0.1, 0.15) is 25.3 Å². The van der Waals surface area contributed by atoms with Crippen LogP contribution in [0.3, 0.4) is 0 Å². The van der Waals surface area contributed by atoms with E-state index in [0.29, 0.717) is 5.41 Å². The fourth-order valence-electron chi connectivity index (χ4n) is 1.70. The first-order valence-electron chi connectivity index (χ1n) is 4.50. The highest BCUT2D eigenvalue weighted by molar-refractivity contribution is 9.10. The van der Waals surface area contributed by atoms with Gasteiger partial charge in [-0.2, -0.15) is 0 Å². The third-order valence-electron chi connectivity index (χ3n) is 2.80. The molecule has 0 aliphatic heterocycles. The van der Waals surface area contributed by atoms with Crippen molar-refractivity contribution in [2.45, 2.75) is 25.2 Å². The molecule has 0 N–H and O–H groups in total. The first-order valence-corrected chi connectivity index (χ1v) is 5.30. The van der Waals surface area contributed by atoms with Crippen molar-refractivity contribution in [1.82, 2.24) is 0 Å². The van der Waals surface area contributed by atoms with Crippen LogP contribution in [-0.2, 0) is 5.41 Å². The number of rotatable bonds is 2. The van der Waals surface area contributed by atoms with Crippen LogP contribution in [0.5, 0.6) is 5.75 Å². The maximum Gasteiger partial charge on any atom is 0.123 e. The Bertz CT molecular complexity index is 329. The van der Waals surface area contributed by atoms with Crippen LogP contribution < -0.4 is 4.74 Å². The molecule has 1 aromatic rings. The maximum absolute atomic E-state index is 5.36. The third-order valence-corrected chi connectivity index (χ3v) is 3.46. The largest absolute Gasteiger partial charge is 0.496 e. The van der Waals surface area contributed by atoms with Gasteiger partial charge in [0, 0.05) is 10.0 Å². The lowest BCUT2D eigenvalue weighted by Crippen LogP contribution is -2.03. The highest BCUT2D eigenvalue weighted by Gasteiger charge is 2.42. The normalized spacial score (nSPS) is 18.4. The molecule has 0 radical (unpaired) electrons. The minimum absolute atomic E-state index is 0.353. The van der Waals surface area contributed by atoms with Crippen LogP contribution in [0.2, 0.25) is 0 Å². The van der Waals surface area contributed by atoms with E-state index in [1.165, 1.54) is 22.9 Å². The summed E-state index contributed by atoms with van der Waals surface area (Å²) in [4.78, 5) is 0. The number of benzene rings is 1. The summed E-state index contributed by atoms with van der Waals surface area (Å²) in [5, 5.41) is 0. The Balaban J connectivity index is 2.52. The molecule has 1 nitrogen and oxygen atoms in total. The van der Waals surface area contributed by atoms with Crippen molar-refractivity contribution in [2.24, 2.45) is 0 Å². The molecule has 0 bridgehead atoms. The van der Waals surface area contributed by atoms with Gasteiger partial charge in [-0.05, 0) is 30.4 Å². The number of hydrogen-bond acceptors (Lipinski definition) is 1. The molecule has 0 heterocycles. The average Bonchev–Trinajstić information content (AvgIpc) is 2.84.